The van der Waals surface area contributed by atoms with Crippen molar-refractivity contribution in [2.75, 3.05) is 0 Å². The number of hydrogen-bond acceptors (Lipinski definition) is 6. The zero-order valence-electron chi connectivity index (χ0n) is 9.76. The summed E-state index contributed by atoms with van der Waals surface area (Å²) >= 11 is 0. The number of tetrazole rings is 1. The zero-order chi connectivity index (χ0) is 14.1. The number of carbonyl (C=O) groups is 1. The highest BCUT2D eigenvalue weighted by Gasteiger charge is 2.14. The lowest BCUT2D eigenvalue weighted by atomic mass is 10.2. The molecule has 0 aliphatic heterocycles. The van der Waals surface area contributed by atoms with Gasteiger partial charge in [-0.25, -0.2) is 9.18 Å². The quantitative estimate of drug-likeness (QED) is 0.764. The molecular formula is C11H6FN5O3. The average molecular weight is 275 g/mol. The summed E-state index contributed by atoms with van der Waals surface area (Å²) in [5, 5.41) is 23.5. The molecule has 20 heavy (non-hydrogen) atoms. The summed E-state index contributed by atoms with van der Waals surface area (Å²) in [6.07, 6.45) is 0. The molecule has 8 nitrogen and oxygen atoms in total. The molecular weight excluding hydrogens is 269 g/mol. The average Bonchev–Trinajstić information content (AvgIpc) is 2.85. The number of nitrogens with zero attached hydrogens (tertiary/aromatic N) is 5. The Morgan fingerprint density at radius 1 is 1.30 bits per heavy atom. The number of ether oxygens (including phenoxy) is 1. The fraction of sp³-hybridized carbons (Fsp3) is 0. The lowest BCUT2D eigenvalue weighted by molar-refractivity contribution is 0.0694. The van der Waals surface area contributed by atoms with E-state index in [1.165, 1.54) is 12.1 Å². The van der Waals surface area contributed by atoms with Crippen molar-refractivity contribution >= 4 is 11.6 Å². The van der Waals surface area contributed by atoms with E-state index in [-0.39, 0.29) is 17.2 Å². The Kier molecular flexibility index (Phi) is 2.71. The molecule has 0 radical (unpaired) electrons. The van der Waals surface area contributed by atoms with Gasteiger partial charge in [0.25, 0.3) is 0 Å². The third kappa shape index (κ3) is 2.11. The van der Waals surface area contributed by atoms with Crippen molar-refractivity contribution in [3.63, 3.8) is 0 Å². The molecule has 0 atom stereocenters. The summed E-state index contributed by atoms with van der Waals surface area (Å²) in [5.41, 5.74) is 0.222. The maximum Gasteiger partial charge on any atom is 0.339 e. The summed E-state index contributed by atoms with van der Waals surface area (Å²) in [5.74, 6) is -1.97. The Morgan fingerprint density at radius 3 is 2.95 bits per heavy atom. The van der Waals surface area contributed by atoms with Crippen molar-refractivity contribution in [2.24, 2.45) is 0 Å². The SMILES string of the molecule is O=C(O)c1ccc(F)cc1Oc1ccc2nnnn2n1. The third-order valence-corrected chi connectivity index (χ3v) is 2.43. The number of carboxylic acids is 1. The Bertz CT molecular complexity index is 804. The van der Waals surface area contributed by atoms with Gasteiger partial charge < -0.3 is 9.84 Å². The summed E-state index contributed by atoms with van der Waals surface area (Å²) in [4.78, 5) is 11.0. The highest BCUT2D eigenvalue weighted by atomic mass is 19.1. The molecule has 3 rings (SSSR count). The first-order valence-corrected chi connectivity index (χ1v) is 5.39. The van der Waals surface area contributed by atoms with Crippen LogP contribution in [0.15, 0.2) is 30.3 Å². The van der Waals surface area contributed by atoms with Crippen molar-refractivity contribution in [1.29, 1.82) is 0 Å². The van der Waals surface area contributed by atoms with E-state index < -0.39 is 11.8 Å². The van der Waals surface area contributed by atoms with Crippen LogP contribution in [0.1, 0.15) is 10.4 Å². The smallest absolute Gasteiger partial charge is 0.339 e. The van der Waals surface area contributed by atoms with E-state index >= 15 is 0 Å². The van der Waals surface area contributed by atoms with E-state index in [1.54, 1.807) is 0 Å². The minimum absolute atomic E-state index is 0.0397. The second-order valence-corrected chi connectivity index (χ2v) is 3.75. The largest absolute Gasteiger partial charge is 0.478 e. The lowest BCUT2D eigenvalue weighted by Gasteiger charge is -2.07. The van der Waals surface area contributed by atoms with Gasteiger partial charge in [-0.15, -0.1) is 14.8 Å². The van der Waals surface area contributed by atoms with E-state index in [2.05, 4.69) is 20.6 Å². The summed E-state index contributed by atoms with van der Waals surface area (Å²) in [6.45, 7) is 0. The van der Waals surface area contributed by atoms with Crippen LogP contribution in [0.25, 0.3) is 5.65 Å². The summed E-state index contributed by atoms with van der Waals surface area (Å²) in [6, 6.07) is 6.09. The molecule has 100 valence electrons. The van der Waals surface area contributed by atoms with Crippen molar-refractivity contribution in [3.05, 3.63) is 41.7 Å². The fourth-order valence-corrected chi connectivity index (χ4v) is 1.56. The molecule has 0 fully saturated rings. The molecule has 3 aromatic rings. The molecule has 9 heteroatoms. The molecule has 0 unspecified atom stereocenters. The van der Waals surface area contributed by atoms with Gasteiger partial charge in [-0.3, -0.25) is 0 Å². The first kappa shape index (κ1) is 12.0. The molecule has 1 N–H and O–H groups in total. The van der Waals surface area contributed by atoms with E-state index in [4.69, 9.17) is 9.84 Å². The van der Waals surface area contributed by atoms with Crippen molar-refractivity contribution in [1.82, 2.24) is 25.3 Å². The predicted molar refractivity (Wildman–Crippen MR) is 62.0 cm³/mol. The number of halogens is 1. The molecule has 0 aliphatic rings. The maximum absolute atomic E-state index is 13.2. The van der Waals surface area contributed by atoms with Gasteiger partial charge in [0.2, 0.25) is 5.88 Å². The van der Waals surface area contributed by atoms with Gasteiger partial charge in [0, 0.05) is 12.1 Å². The van der Waals surface area contributed by atoms with Crippen LogP contribution in [-0.2, 0) is 0 Å². The number of hydrogen-bond donors (Lipinski definition) is 1. The monoisotopic (exact) mass is 275 g/mol. The second-order valence-electron chi connectivity index (χ2n) is 3.75. The second kappa shape index (κ2) is 4.53. The molecule has 2 aromatic heterocycles. The zero-order valence-corrected chi connectivity index (χ0v) is 9.76. The van der Waals surface area contributed by atoms with Crippen LogP contribution in [-0.4, -0.2) is 36.3 Å². The number of fused-ring (bicyclic) bond motifs is 1. The van der Waals surface area contributed by atoms with Crippen molar-refractivity contribution < 1.29 is 19.0 Å². The summed E-state index contributed by atoms with van der Waals surface area (Å²) < 4.78 is 19.6. The Hall–Kier alpha value is -3.10. The van der Waals surface area contributed by atoms with Crippen LogP contribution in [0.3, 0.4) is 0 Å². The molecule has 0 aliphatic carbocycles. The molecule has 0 bridgehead atoms. The van der Waals surface area contributed by atoms with E-state index in [0.29, 0.717) is 5.65 Å². The van der Waals surface area contributed by atoms with Gasteiger partial charge in [-0.1, -0.05) is 0 Å². The first-order chi connectivity index (χ1) is 9.63. The predicted octanol–water partition coefficient (Wildman–Crippen LogP) is 1.15. The standard InChI is InChI=1S/C11H6FN5O3/c12-6-1-2-7(11(18)19)8(5-6)20-10-4-3-9-13-15-16-17(9)14-10/h1-5H,(H,18,19). The highest BCUT2D eigenvalue weighted by molar-refractivity contribution is 5.90. The molecule has 0 saturated heterocycles. The number of carboxylic acid groups (broad SMARTS) is 1. The topological polar surface area (TPSA) is 102 Å². The molecule has 1 aromatic carbocycles. The van der Waals surface area contributed by atoms with Crippen LogP contribution in [0, 0.1) is 5.82 Å². The number of rotatable bonds is 3. The number of aromatic nitrogens is 5. The van der Waals surface area contributed by atoms with Gasteiger partial charge in [0.15, 0.2) is 5.65 Å². The van der Waals surface area contributed by atoms with Gasteiger partial charge in [0.1, 0.15) is 17.1 Å². The van der Waals surface area contributed by atoms with Crippen LogP contribution < -0.4 is 4.74 Å². The van der Waals surface area contributed by atoms with Gasteiger partial charge in [0.05, 0.1) is 0 Å². The van der Waals surface area contributed by atoms with Crippen molar-refractivity contribution in [2.45, 2.75) is 0 Å². The minimum atomic E-state index is -1.23. The molecule has 0 spiro atoms. The van der Waals surface area contributed by atoms with Crippen LogP contribution in [0.4, 0.5) is 4.39 Å². The van der Waals surface area contributed by atoms with Gasteiger partial charge in [-0.05, 0) is 28.6 Å². The highest BCUT2D eigenvalue weighted by Crippen LogP contribution is 2.25. The van der Waals surface area contributed by atoms with Crippen LogP contribution >= 0.6 is 0 Å². The van der Waals surface area contributed by atoms with Crippen LogP contribution in [0.5, 0.6) is 11.6 Å². The number of aromatic carboxylic acids is 1. The van der Waals surface area contributed by atoms with Gasteiger partial charge in [-0.2, -0.15) is 0 Å². The third-order valence-electron chi connectivity index (χ3n) is 2.43. The normalized spacial score (nSPS) is 10.7. The molecule has 2 heterocycles. The van der Waals surface area contributed by atoms with E-state index in [0.717, 1.165) is 22.8 Å². The molecule has 0 amide bonds. The fourth-order valence-electron chi connectivity index (χ4n) is 1.56. The number of benzene rings is 1. The minimum Gasteiger partial charge on any atom is -0.478 e. The van der Waals surface area contributed by atoms with Crippen LogP contribution in [0.2, 0.25) is 0 Å². The Morgan fingerprint density at radius 2 is 2.15 bits per heavy atom. The van der Waals surface area contributed by atoms with Gasteiger partial charge >= 0.3 is 5.97 Å². The maximum atomic E-state index is 13.2. The lowest BCUT2D eigenvalue weighted by Crippen LogP contribution is -2.02. The van der Waals surface area contributed by atoms with Crippen molar-refractivity contribution in [3.8, 4) is 11.6 Å². The summed E-state index contributed by atoms with van der Waals surface area (Å²) in [7, 11) is 0. The Balaban J connectivity index is 2.01. The van der Waals surface area contributed by atoms with E-state index in [9.17, 15) is 9.18 Å². The van der Waals surface area contributed by atoms with E-state index in [1.807, 2.05) is 0 Å². The first-order valence-electron chi connectivity index (χ1n) is 5.39. The molecule has 0 saturated carbocycles. The Labute approximate surface area is 110 Å².